The van der Waals surface area contributed by atoms with E-state index in [0.717, 1.165) is 16.8 Å². The Kier molecular flexibility index (Phi) is 11.7. The number of carbonyl (C=O) groups excluding carboxylic acids is 1. The number of benzene rings is 2. The Bertz CT molecular complexity index is 1900. The fraction of sp³-hybridized carbons (Fsp3) is 0.513. The first kappa shape index (κ1) is 38.6. The largest absolute Gasteiger partial charge is 0.481 e. The van der Waals surface area contributed by atoms with E-state index in [1.165, 1.54) is 18.2 Å². The predicted molar refractivity (Wildman–Crippen MR) is 184 cm³/mol. The zero-order valence-corrected chi connectivity index (χ0v) is 29.4. The van der Waals surface area contributed by atoms with Crippen molar-refractivity contribution in [3.63, 3.8) is 0 Å². The van der Waals surface area contributed by atoms with Gasteiger partial charge in [0.2, 0.25) is 5.91 Å². The third-order valence-corrected chi connectivity index (χ3v) is 10.6. The van der Waals surface area contributed by atoms with Crippen molar-refractivity contribution in [1.82, 2.24) is 14.8 Å². The van der Waals surface area contributed by atoms with Crippen LogP contribution >= 0.6 is 0 Å². The number of rotatable bonds is 8. The van der Waals surface area contributed by atoms with Gasteiger partial charge in [0.05, 0.1) is 24.1 Å². The van der Waals surface area contributed by atoms with Gasteiger partial charge in [0.15, 0.2) is 0 Å². The number of amides is 1. The number of hydrogen-bond donors (Lipinski definition) is 2. The molecule has 1 aromatic heterocycles. The van der Waals surface area contributed by atoms with Crippen LogP contribution in [0.25, 0.3) is 11.1 Å². The van der Waals surface area contributed by atoms with E-state index in [0.29, 0.717) is 76.1 Å². The normalized spacial score (nSPS) is 20.8. The van der Waals surface area contributed by atoms with Crippen molar-refractivity contribution >= 4 is 11.9 Å². The zero-order valence-electron chi connectivity index (χ0n) is 29.4. The second kappa shape index (κ2) is 16.1. The van der Waals surface area contributed by atoms with Gasteiger partial charge in [-0.1, -0.05) is 25.7 Å². The van der Waals surface area contributed by atoms with Gasteiger partial charge in [0.1, 0.15) is 23.5 Å². The first-order chi connectivity index (χ1) is 25.2. The summed E-state index contributed by atoms with van der Waals surface area (Å²) in [7, 11) is 1.55. The average Bonchev–Trinajstić information content (AvgIpc) is 3.90. The number of methoxy groups -OCH3 is 1. The highest BCUT2D eigenvalue weighted by Gasteiger charge is 2.37. The fourth-order valence-corrected chi connectivity index (χ4v) is 7.60. The van der Waals surface area contributed by atoms with Crippen molar-refractivity contribution in [3.8, 4) is 11.1 Å². The molecule has 2 atom stereocenters. The number of hydrogen-bond acceptors (Lipinski definition) is 5. The Morgan fingerprint density at radius 3 is 2.32 bits per heavy atom. The van der Waals surface area contributed by atoms with E-state index >= 15 is 8.78 Å². The van der Waals surface area contributed by atoms with Gasteiger partial charge in [0.25, 0.3) is 5.56 Å². The van der Waals surface area contributed by atoms with Gasteiger partial charge in [-0.05, 0) is 84.9 Å². The number of fused-ring (bicyclic) bond motifs is 4. The fourth-order valence-electron chi connectivity index (χ4n) is 7.60. The van der Waals surface area contributed by atoms with E-state index in [1.54, 1.807) is 7.11 Å². The molecule has 2 fully saturated rings. The molecule has 0 spiro atoms. The number of alkyl halides is 3. The Balaban J connectivity index is 1.42. The minimum atomic E-state index is -4.83. The number of halogens is 6. The van der Waals surface area contributed by atoms with Gasteiger partial charge in [-0.15, -0.1) is 0 Å². The van der Waals surface area contributed by atoms with Crippen LogP contribution in [0, 0.1) is 17.5 Å². The van der Waals surface area contributed by atoms with Gasteiger partial charge >= 0.3 is 12.1 Å². The highest BCUT2D eigenvalue weighted by Crippen LogP contribution is 2.45. The molecule has 0 unspecified atom stereocenters. The molecule has 2 aliphatic heterocycles. The van der Waals surface area contributed by atoms with Crippen molar-refractivity contribution in [2.45, 2.75) is 101 Å². The third kappa shape index (κ3) is 8.97. The standard InChI is InChI=1S/C39H43F6N3O5/c1-53-27-20-47(21-27)12-11-24-19-48(34(49)17-30(24)39(43,44)45)33-8-6-4-2-3-5-7-23-13-26(40)16-31(41)36(23)25-14-28(22-9-10-22)37(42)29(15-25)32(18-35(50)51)46-38(33)52/h13-17,19,22,27,32-33H,2-12,18,20-21H2,1H3,(H,46,52)(H,50,51)/t32-,33-/m0/s1. The molecule has 3 heterocycles. The maximum atomic E-state index is 16.4. The second-order valence-corrected chi connectivity index (χ2v) is 14.5. The summed E-state index contributed by atoms with van der Waals surface area (Å²) in [6.45, 7) is 1.35. The summed E-state index contributed by atoms with van der Waals surface area (Å²) in [6, 6.07) is 2.43. The average molecular weight is 748 g/mol. The van der Waals surface area contributed by atoms with Gasteiger partial charge in [-0.3, -0.25) is 19.3 Å². The van der Waals surface area contributed by atoms with E-state index in [-0.39, 0.29) is 59.2 Å². The molecule has 3 aliphatic rings. The Morgan fingerprint density at radius 1 is 0.943 bits per heavy atom. The van der Waals surface area contributed by atoms with Crippen molar-refractivity contribution in [3.05, 3.63) is 92.2 Å². The molecular weight excluding hydrogens is 704 g/mol. The monoisotopic (exact) mass is 747 g/mol. The smallest absolute Gasteiger partial charge is 0.416 e. The number of nitrogens with one attached hydrogen (secondary N) is 1. The Labute approximate surface area is 303 Å². The van der Waals surface area contributed by atoms with E-state index in [9.17, 15) is 37.1 Å². The van der Waals surface area contributed by atoms with Crippen LogP contribution in [-0.4, -0.2) is 59.3 Å². The molecule has 1 aliphatic carbocycles. The van der Waals surface area contributed by atoms with E-state index in [2.05, 4.69) is 5.32 Å². The molecule has 8 nitrogen and oxygen atoms in total. The minimum absolute atomic E-state index is 0.0190. The number of likely N-dealkylation sites (tertiary alicyclic amines) is 1. The molecule has 1 saturated heterocycles. The molecule has 2 bridgehead atoms. The number of carboxylic acids is 1. The van der Waals surface area contributed by atoms with Crippen molar-refractivity contribution in [2.75, 3.05) is 26.7 Å². The summed E-state index contributed by atoms with van der Waals surface area (Å²) in [6.07, 6.45) is -0.146. The molecular formula is C39H43F6N3O5. The first-order valence-electron chi connectivity index (χ1n) is 18.1. The molecule has 2 aromatic carbocycles. The predicted octanol–water partition coefficient (Wildman–Crippen LogP) is 7.47. The number of carboxylic acid groups (broad SMARTS) is 1. The van der Waals surface area contributed by atoms with Crippen molar-refractivity contribution in [1.29, 1.82) is 0 Å². The molecule has 0 radical (unpaired) electrons. The topological polar surface area (TPSA) is 101 Å². The lowest BCUT2D eigenvalue weighted by molar-refractivity contribution is -0.139. The van der Waals surface area contributed by atoms with Gasteiger partial charge in [-0.25, -0.2) is 13.2 Å². The lowest BCUT2D eigenvalue weighted by atomic mass is 9.89. The van der Waals surface area contributed by atoms with E-state index in [4.69, 9.17) is 4.74 Å². The number of ether oxygens (including phenoxy) is 1. The molecule has 2 N–H and O–H groups in total. The van der Waals surface area contributed by atoms with Gasteiger partial charge in [0, 0.05) is 56.2 Å². The summed E-state index contributed by atoms with van der Waals surface area (Å²) in [5.74, 6) is -4.85. The van der Waals surface area contributed by atoms with Gasteiger partial charge in [-0.2, -0.15) is 13.2 Å². The minimum Gasteiger partial charge on any atom is -0.481 e. The molecule has 1 amide bonds. The quantitative estimate of drug-likeness (QED) is 0.232. The van der Waals surface area contributed by atoms with E-state index in [1.807, 2.05) is 4.90 Å². The molecule has 286 valence electrons. The summed E-state index contributed by atoms with van der Waals surface area (Å²) < 4.78 is 95.3. The number of pyridine rings is 1. The summed E-state index contributed by atoms with van der Waals surface area (Å²) in [4.78, 5) is 41.8. The van der Waals surface area contributed by atoms with Crippen LogP contribution in [0.4, 0.5) is 26.3 Å². The number of carbonyl (C=O) groups is 2. The van der Waals surface area contributed by atoms with Crippen molar-refractivity contribution < 1.29 is 45.8 Å². The second-order valence-electron chi connectivity index (χ2n) is 14.5. The SMILES string of the molecule is COC1CN(CCc2cn([C@H]3CCCCCCCc4cc(F)cc(F)c4-c4cc(C5CC5)c(F)c(c4)[C@H](CC(=O)O)NC3=O)c(=O)cc2C(F)(F)F)C1. The molecule has 3 aromatic rings. The molecule has 6 rings (SSSR count). The maximum Gasteiger partial charge on any atom is 0.416 e. The number of aromatic nitrogens is 1. The number of aryl methyl sites for hydroxylation is 1. The van der Waals surface area contributed by atoms with Crippen LogP contribution in [0.1, 0.15) is 104 Å². The van der Waals surface area contributed by atoms with Gasteiger partial charge < -0.3 is 19.7 Å². The summed E-state index contributed by atoms with van der Waals surface area (Å²) >= 11 is 0. The molecule has 1 saturated carbocycles. The zero-order chi connectivity index (χ0) is 38.0. The lowest BCUT2D eigenvalue weighted by Crippen LogP contribution is -2.52. The van der Waals surface area contributed by atoms with Crippen LogP contribution < -0.4 is 10.9 Å². The third-order valence-electron chi connectivity index (χ3n) is 10.6. The summed E-state index contributed by atoms with van der Waals surface area (Å²) in [5.41, 5.74) is -1.66. The first-order valence-corrected chi connectivity index (χ1v) is 18.1. The van der Waals surface area contributed by atoms with Crippen LogP contribution in [-0.2, 0) is 33.3 Å². The summed E-state index contributed by atoms with van der Waals surface area (Å²) in [5, 5.41) is 12.5. The number of aliphatic carboxylic acids is 1. The molecule has 14 heteroatoms. The molecule has 53 heavy (non-hydrogen) atoms. The van der Waals surface area contributed by atoms with E-state index < -0.39 is 65.1 Å². The number of nitrogens with zero attached hydrogens (tertiary/aromatic N) is 2. The Morgan fingerprint density at radius 2 is 1.64 bits per heavy atom. The van der Waals surface area contributed by atoms with Crippen molar-refractivity contribution in [2.24, 2.45) is 0 Å². The lowest BCUT2D eigenvalue weighted by Gasteiger charge is -2.38. The highest BCUT2D eigenvalue weighted by molar-refractivity contribution is 5.82. The van der Waals surface area contributed by atoms with Crippen LogP contribution in [0.3, 0.4) is 0 Å². The van der Waals surface area contributed by atoms with Crippen LogP contribution in [0.15, 0.2) is 41.3 Å². The highest BCUT2D eigenvalue weighted by atomic mass is 19.4. The maximum absolute atomic E-state index is 16.4. The van der Waals surface area contributed by atoms with Crippen LogP contribution in [0.2, 0.25) is 0 Å². The van der Waals surface area contributed by atoms with Crippen LogP contribution in [0.5, 0.6) is 0 Å². The Hall–Kier alpha value is -4.17.